The summed E-state index contributed by atoms with van der Waals surface area (Å²) >= 11 is 0. The van der Waals surface area contributed by atoms with Crippen LogP contribution < -0.4 is 11.1 Å². The fraction of sp³-hybridized carbons (Fsp3) is 0.579. The van der Waals surface area contributed by atoms with Crippen molar-refractivity contribution in [3.8, 4) is 0 Å². The lowest BCUT2D eigenvalue weighted by molar-refractivity contribution is -0.120. The highest BCUT2D eigenvalue weighted by Crippen LogP contribution is 2.26. The smallest absolute Gasteiger partial charge is 0.231 e. The van der Waals surface area contributed by atoms with Gasteiger partial charge in [-0.05, 0) is 37.1 Å². The number of halogens is 1. The van der Waals surface area contributed by atoms with Crippen molar-refractivity contribution in [1.82, 2.24) is 4.90 Å². The lowest BCUT2D eigenvalue weighted by Gasteiger charge is -2.26. The summed E-state index contributed by atoms with van der Waals surface area (Å²) in [7, 11) is 0. The van der Waals surface area contributed by atoms with Gasteiger partial charge in [0.2, 0.25) is 11.8 Å². The number of nitrogens with zero attached hydrogens (tertiary/aromatic N) is 1. The van der Waals surface area contributed by atoms with Crippen LogP contribution in [0.5, 0.6) is 0 Å². The van der Waals surface area contributed by atoms with Crippen LogP contribution in [0.15, 0.2) is 24.3 Å². The van der Waals surface area contributed by atoms with Crippen molar-refractivity contribution in [2.75, 3.05) is 25.0 Å². The van der Waals surface area contributed by atoms with Crippen LogP contribution in [-0.4, -0.2) is 36.3 Å². The van der Waals surface area contributed by atoms with Gasteiger partial charge in [0.15, 0.2) is 0 Å². The van der Waals surface area contributed by atoms with Gasteiger partial charge in [0.25, 0.3) is 0 Å². The largest absolute Gasteiger partial charge is 0.369 e. The standard InChI is InChI=1S/C19H28FN3O2/c20-16-7-4-8-17(13-16)22-19(25)10-12-23(14-18(21)24)11-9-15-5-2-1-3-6-15/h4,7-8,13,15H,1-3,5-6,9-12,14H2,(H2,21,24)(H,22,25). The van der Waals surface area contributed by atoms with Gasteiger partial charge < -0.3 is 11.1 Å². The second-order valence-electron chi connectivity index (χ2n) is 6.84. The molecule has 1 aliphatic carbocycles. The van der Waals surface area contributed by atoms with Crippen LogP contribution in [0.25, 0.3) is 0 Å². The minimum absolute atomic E-state index is 0.167. The van der Waals surface area contributed by atoms with Crippen LogP contribution in [0, 0.1) is 11.7 Å². The Labute approximate surface area is 148 Å². The third-order valence-corrected chi connectivity index (χ3v) is 4.72. The lowest BCUT2D eigenvalue weighted by Crippen LogP contribution is -2.37. The van der Waals surface area contributed by atoms with Crippen LogP contribution in [0.2, 0.25) is 0 Å². The highest BCUT2D eigenvalue weighted by atomic mass is 19.1. The summed E-state index contributed by atoms with van der Waals surface area (Å²) in [5.74, 6) is -0.252. The summed E-state index contributed by atoms with van der Waals surface area (Å²) in [5.41, 5.74) is 5.76. The maximum absolute atomic E-state index is 13.1. The zero-order valence-corrected chi connectivity index (χ0v) is 14.7. The SMILES string of the molecule is NC(=O)CN(CCC(=O)Nc1cccc(F)c1)CCC1CCCCC1. The van der Waals surface area contributed by atoms with E-state index in [0.29, 0.717) is 18.2 Å². The molecule has 1 aromatic rings. The van der Waals surface area contributed by atoms with Crippen LogP contribution in [0.4, 0.5) is 10.1 Å². The van der Waals surface area contributed by atoms with Gasteiger partial charge in [-0.15, -0.1) is 0 Å². The Bertz CT molecular complexity index is 574. The number of nitrogens with one attached hydrogen (secondary N) is 1. The van der Waals surface area contributed by atoms with E-state index in [9.17, 15) is 14.0 Å². The fourth-order valence-electron chi connectivity index (χ4n) is 3.38. The second-order valence-corrected chi connectivity index (χ2v) is 6.84. The van der Waals surface area contributed by atoms with E-state index >= 15 is 0 Å². The maximum atomic E-state index is 13.1. The summed E-state index contributed by atoms with van der Waals surface area (Å²) in [6.45, 7) is 1.41. The molecule has 2 rings (SSSR count). The third-order valence-electron chi connectivity index (χ3n) is 4.72. The molecular formula is C19H28FN3O2. The molecule has 0 heterocycles. The monoisotopic (exact) mass is 349 g/mol. The van der Waals surface area contributed by atoms with E-state index < -0.39 is 0 Å². The van der Waals surface area contributed by atoms with Crippen LogP contribution in [-0.2, 0) is 9.59 Å². The first-order chi connectivity index (χ1) is 12.0. The molecule has 5 nitrogen and oxygen atoms in total. The van der Waals surface area contributed by atoms with Crippen LogP contribution in [0.1, 0.15) is 44.9 Å². The van der Waals surface area contributed by atoms with Crippen molar-refractivity contribution in [3.63, 3.8) is 0 Å². The van der Waals surface area contributed by atoms with E-state index in [1.54, 1.807) is 12.1 Å². The van der Waals surface area contributed by atoms with Gasteiger partial charge in [-0.25, -0.2) is 4.39 Å². The minimum atomic E-state index is -0.388. The van der Waals surface area contributed by atoms with E-state index in [4.69, 9.17) is 5.73 Å². The van der Waals surface area contributed by atoms with E-state index in [2.05, 4.69) is 5.32 Å². The number of primary amides is 1. The van der Waals surface area contributed by atoms with E-state index in [-0.39, 0.29) is 30.6 Å². The first-order valence-corrected chi connectivity index (χ1v) is 9.09. The van der Waals surface area contributed by atoms with E-state index in [0.717, 1.165) is 13.0 Å². The third kappa shape index (κ3) is 7.65. The summed E-state index contributed by atoms with van der Waals surface area (Å²) < 4.78 is 13.1. The maximum Gasteiger partial charge on any atom is 0.231 e. The topological polar surface area (TPSA) is 75.4 Å². The van der Waals surface area contributed by atoms with Gasteiger partial charge in [0, 0.05) is 18.7 Å². The van der Waals surface area contributed by atoms with Crippen molar-refractivity contribution < 1.29 is 14.0 Å². The Morgan fingerprint density at radius 2 is 1.96 bits per heavy atom. The predicted molar refractivity (Wildman–Crippen MR) is 96.5 cm³/mol. The average Bonchev–Trinajstić information content (AvgIpc) is 2.58. The van der Waals surface area contributed by atoms with E-state index in [1.165, 1.54) is 44.2 Å². The number of carbonyl (C=O) groups excluding carboxylic acids is 2. The molecule has 0 bridgehead atoms. The van der Waals surface area contributed by atoms with Gasteiger partial charge in [-0.1, -0.05) is 38.2 Å². The number of carbonyl (C=O) groups is 2. The number of rotatable bonds is 9. The second kappa shape index (κ2) is 10.1. The molecule has 0 aliphatic heterocycles. The Hall–Kier alpha value is -1.95. The first-order valence-electron chi connectivity index (χ1n) is 9.09. The highest BCUT2D eigenvalue weighted by Gasteiger charge is 2.17. The van der Waals surface area contributed by atoms with Gasteiger partial charge in [-0.2, -0.15) is 0 Å². The molecule has 2 amide bonds. The fourth-order valence-corrected chi connectivity index (χ4v) is 3.38. The summed E-state index contributed by atoms with van der Waals surface area (Å²) in [4.78, 5) is 25.3. The highest BCUT2D eigenvalue weighted by molar-refractivity contribution is 5.90. The Morgan fingerprint density at radius 3 is 2.64 bits per heavy atom. The molecule has 1 fully saturated rings. The van der Waals surface area contributed by atoms with Crippen molar-refractivity contribution in [2.45, 2.75) is 44.9 Å². The van der Waals surface area contributed by atoms with Crippen molar-refractivity contribution in [1.29, 1.82) is 0 Å². The first kappa shape index (κ1) is 19.4. The summed E-state index contributed by atoms with van der Waals surface area (Å²) in [5, 5.41) is 2.68. The molecule has 0 saturated heterocycles. The Morgan fingerprint density at radius 1 is 1.20 bits per heavy atom. The normalized spacial score (nSPS) is 15.3. The number of hydrogen-bond acceptors (Lipinski definition) is 3. The van der Waals surface area contributed by atoms with Crippen LogP contribution in [0.3, 0.4) is 0 Å². The van der Waals surface area contributed by atoms with Crippen LogP contribution >= 0.6 is 0 Å². The Balaban J connectivity index is 1.77. The van der Waals surface area contributed by atoms with Gasteiger partial charge in [0.1, 0.15) is 5.82 Å². The molecule has 1 saturated carbocycles. The predicted octanol–water partition coefficient (Wildman–Crippen LogP) is 2.91. The summed E-state index contributed by atoms with van der Waals surface area (Å²) in [6, 6.07) is 5.80. The molecule has 25 heavy (non-hydrogen) atoms. The Kier molecular flexibility index (Phi) is 7.85. The van der Waals surface area contributed by atoms with Gasteiger partial charge >= 0.3 is 0 Å². The van der Waals surface area contributed by atoms with Crippen molar-refractivity contribution >= 4 is 17.5 Å². The molecule has 0 aromatic heterocycles. The molecule has 0 atom stereocenters. The molecule has 1 aromatic carbocycles. The van der Waals surface area contributed by atoms with Gasteiger partial charge in [0.05, 0.1) is 6.54 Å². The minimum Gasteiger partial charge on any atom is -0.369 e. The molecule has 1 aliphatic rings. The molecule has 138 valence electrons. The quantitative estimate of drug-likeness (QED) is 0.720. The zero-order chi connectivity index (χ0) is 18.1. The van der Waals surface area contributed by atoms with Crippen molar-refractivity contribution in [2.24, 2.45) is 11.7 Å². The summed E-state index contributed by atoms with van der Waals surface area (Å²) in [6.07, 6.45) is 7.69. The molecule has 6 heteroatoms. The molecular weight excluding hydrogens is 321 g/mol. The number of amides is 2. The molecule has 0 spiro atoms. The average molecular weight is 349 g/mol. The number of hydrogen-bond donors (Lipinski definition) is 2. The lowest BCUT2D eigenvalue weighted by atomic mass is 9.87. The number of nitrogens with two attached hydrogens (primary N) is 1. The van der Waals surface area contributed by atoms with Crippen molar-refractivity contribution in [3.05, 3.63) is 30.1 Å². The number of benzene rings is 1. The number of anilines is 1. The van der Waals surface area contributed by atoms with Gasteiger partial charge in [-0.3, -0.25) is 14.5 Å². The molecule has 0 unspecified atom stereocenters. The van der Waals surface area contributed by atoms with E-state index in [1.807, 2.05) is 4.90 Å². The molecule has 0 radical (unpaired) electrons. The molecule has 3 N–H and O–H groups in total. The zero-order valence-electron chi connectivity index (χ0n) is 14.7.